The summed E-state index contributed by atoms with van der Waals surface area (Å²) in [6, 6.07) is 5.01. The van der Waals surface area contributed by atoms with Crippen molar-refractivity contribution in [3.63, 3.8) is 0 Å². The van der Waals surface area contributed by atoms with E-state index in [1.165, 1.54) is 0 Å². The van der Waals surface area contributed by atoms with Crippen LogP contribution in [0.4, 0.5) is 5.69 Å². The van der Waals surface area contributed by atoms with Gasteiger partial charge in [-0.3, -0.25) is 24.1 Å². The number of hydrogen-bond donors (Lipinski definition) is 2. The van der Waals surface area contributed by atoms with Crippen LogP contribution in [0.2, 0.25) is 0 Å². The number of nitrogens with zero attached hydrogens (tertiary/aromatic N) is 1. The fourth-order valence-electron chi connectivity index (χ4n) is 5.97. The molecular weight excluding hydrogens is 398 g/mol. The summed E-state index contributed by atoms with van der Waals surface area (Å²) in [5.74, 6) is -0.147. The van der Waals surface area contributed by atoms with Crippen molar-refractivity contribution in [3.05, 3.63) is 23.8 Å². The zero-order valence-electron chi connectivity index (χ0n) is 17.9. The average molecular weight is 425 g/mol. The van der Waals surface area contributed by atoms with Crippen LogP contribution >= 0.6 is 0 Å². The Hall–Kier alpha value is -2.90. The zero-order valence-corrected chi connectivity index (χ0v) is 17.9. The van der Waals surface area contributed by atoms with E-state index < -0.39 is 11.5 Å². The molecule has 4 amide bonds. The van der Waals surface area contributed by atoms with E-state index >= 15 is 0 Å². The molecule has 2 aliphatic carbocycles. The van der Waals surface area contributed by atoms with E-state index in [2.05, 4.69) is 10.6 Å². The topological polar surface area (TPSA) is 105 Å². The second-order valence-corrected chi connectivity index (χ2v) is 9.27. The predicted octanol–water partition coefficient (Wildman–Crippen LogP) is 2.00. The number of amides is 4. The maximum atomic E-state index is 13.0. The molecule has 3 fully saturated rings. The summed E-state index contributed by atoms with van der Waals surface area (Å²) in [6.45, 7) is 5.51. The zero-order chi connectivity index (χ0) is 22.1. The Morgan fingerprint density at radius 2 is 2.10 bits per heavy atom. The Labute approximate surface area is 180 Å². The highest BCUT2D eigenvalue weighted by atomic mass is 16.5. The lowest BCUT2D eigenvalue weighted by Gasteiger charge is -2.26. The van der Waals surface area contributed by atoms with Gasteiger partial charge < -0.3 is 15.4 Å². The third kappa shape index (κ3) is 2.73. The van der Waals surface area contributed by atoms with Crippen LogP contribution in [0.1, 0.15) is 51.6 Å². The number of piperidine rings is 1. The maximum absolute atomic E-state index is 13.0. The molecule has 0 aromatic heterocycles. The molecule has 1 spiro atoms. The number of fused-ring (bicyclic) bond motifs is 2. The van der Waals surface area contributed by atoms with Crippen LogP contribution in [0.25, 0.3) is 0 Å². The lowest BCUT2D eigenvalue weighted by Crippen LogP contribution is -2.44. The smallest absolute Gasteiger partial charge is 0.265 e. The van der Waals surface area contributed by atoms with Crippen LogP contribution in [0, 0.1) is 23.2 Å². The van der Waals surface area contributed by atoms with Crippen LogP contribution in [0.5, 0.6) is 5.75 Å². The number of rotatable bonds is 5. The summed E-state index contributed by atoms with van der Waals surface area (Å²) in [4.78, 5) is 51.4. The predicted molar refractivity (Wildman–Crippen MR) is 111 cm³/mol. The Kier molecular flexibility index (Phi) is 4.39. The van der Waals surface area contributed by atoms with Gasteiger partial charge in [-0.25, -0.2) is 0 Å². The minimum atomic E-state index is -0.535. The van der Waals surface area contributed by atoms with Gasteiger partial charge in [-0.05, 0) is 55.7 Å². The normalized spacial score (nSPS) is 33.8. The minimum Gasteiger partial charge on any atom is -0.478 e. The van der Waals surface area contributed by atoms with Gasteiger partial charge in [-0.1, -0.05) is 19.9 Å². The second-order valence-electron chi connectivity index (χ2n) is 9.27. The van der Waals surface area contributed by atoms with Gasteiger partial charge in [0.1, 0.15) is 12.3 Å². The van der Waals surface area contributed by atoms with Gasteiger partial charge in [0.05, 0.1) is 23.1 Å². The van der Waals surface area contributed by atoms with Crippen molar-refractivity contribution in [2.45, 2.75) is 52.2 Å². The average Bonchev–Trinajstić information content (AvgIpc) is 3.23. The fourth-order valence-corrected chi connectivity index (χ4v) is 5.97. The minimum absolute atomic E-state index is 0.163. The quantitative estimate of drug-likeness (QED) is 0.702. The molecule has 5 rings (SSSR count). The lowest BCUT2D eigenvalue weighted by molar-refractivity contribution is -0.147. The standard InChI is InChI=1S/C23H27N3O5/c1-4-16-20(28)25-15-8-6-13(9-17(15)31-16)12(3)24-18(27)10-26-21(29)19-14-7-5-11(2)23(14,19)22(26)30/h6,8-9,11-12,14,16,19H,4-5,7,10H2,1-3H3,(H,24,27)(H,25,28)/t11-,12?,14+,16?,19?,23?/m0/s1. The molecule has 0 bridgehead atoms. The number of carbonyl (C=O) groups is 4. The van der Waals surface area contributed by atoms with E-state index in [0.29, 0.717) is 17.9 Å². The van der Waals surface area contributed by atoms with Gasteiger partial charge in [-0.15, -0.1) is 0 Å². The van der Waals surface area contributed by atoms with Crippen LogP contribution in [0.3, 0.4) is 0 Å². The monoisotopic (exact) mass is 425 g/mol. The van der Waals surface area contributed by atoms with Gasteiger partial charge in [0, 0.05) is 0 Å². The molecule has 2 saturated carbocycles. The number of carbonyl (C=O) groups excluding carboxylic acids is 4. The Morgan fingerprint density at radius 1 is 1.32 bits per heavy atom. The van der Waals surface area contributed by atoms with Gasteiger partial charge in [0.2, 0.25) is 17.7 Å². The molecule has 6 atom stereocenters. The number of nitrogens with one attached hydrogen (secondary N) is 2. The van der Waals surface area contributed by atoms with Crippen molar-refractivity contribution in [3.8, 4) is 5.75 Å². The molecule has 0 radical (unpaired) electrons. The van der Waals surface area contributed by atoms with Crippen LogP contribution in [-0.2, 0) is 19.2 Å². The van der Waals surface area contributed by atoms with Crippen molar-refractivity contribution in [1.29, 1.82) is 0 Å². The first-order valence-electron chi connectivity index (χ1n) is 11.1. The van der Waals surface area contributed by atoms with E-state index in [1.807, 2.05) is 26.8 Å². The van der Waals surface area contributed by atoms with E-state index in [0.717, 1.165) is 23.3 Å². The first-order chi connectivity index (χ1) is 14.8. The van der Waals surface area contributed by atoms with Gasteiger partial charge in [0.25, 0.3) is 5.91 Å². The van der Waals surface area contributed by atoms with Crippen LogP contribution in [0.15, 0.2) is 18.2 Å². The fraction of sp³-hybridized carbons (Fsp3) is 0.565. The molecule has 1 aromatic rings. The van der Waals surface area contributed by atoms with E-state index in [1.54, 1.807) is 12.1 Å². The molecule has 164 valence electrons. The SMILES string of the molecule is CCC1Oc2cc(C(C)NC(=O)CN3C(=O)C4[C@H]5CC[C@H](C)C45C3=O)ccc2NC1=O. The highest BCUT2D eigenvalue weighted by molar-refractivity contribution is 6.14. The summed E-state index contributed by atoms with van der Waals surface area (Å²) < 4.78 is 5.77. The first kappa shape index (κ1) is 20.0. The van der Waals surface area contributed by atoms with Crippen molar-refractivity contribution in [1.82, 2.24) is 10.2 Å². The number of likely N-dealkylation sites (tertiary alicyclic amines) is 1. The summed E-state index contributed by atoms with van der Waals surface area (Å²) in [5, 5.41) is 5.70. The van der Waals surface area contributed by atoms with Gasteiger partial charge >= 0.3 is 0 Å². The number of benzene rings is 1. The largest absolute Gasteiger partial charge is 0.478 e. The number of imide groups is 1. The number of anilines is 1. The molecule has 4 aliphatic rings. The van der Waals surface area contributed by atoms with Crippen molar-refractivity contribution in [2.75, 3.05) is 11.9 Å². The summed E-state index contributed by atoms with van der Waals surface area (Å²) in [5.41, 5.74) is 0.881. The third-order valence-electron chi connectivity index (χ3n) is 7.67. The summed E-state index contributed by atoms with van der Waals surface area (Å²) in [6.07, 6.45) is 1.92. The van der Waals surface area contributed by atoms with Crippen molar-refractivity contribution >= 4 is 29.3 Å². The highest BCUT2D eigenvalue weighted by Crippen LogP contribution is 2.74. The van der Waals surface area contributed by atoms with Crippen molar-refractivity contribution < 1.29 is 23.9 Å². The van der Waals surface area contributed by atoms with Gasteiger partial charge in [0.15, 0.2) is 6.10 Å². The second kappa shape index (κ2) is 6.80. The third-order valence-corrected chi connectivity index (χ3v) is 7.67. The first-order valence-corrected chi connectivity index (χ1v) is 11.1. The van der Waals surface area contributed by atoms with E-state index in [-0.39, 0.29) is 54.0 Å². The maximum Gasteiger partial charge on any atom is 0.265 e. The molecular formula is C23H27N3O5. The van der Waals surface area contributed by atoms with Gasteiger partial charge in [-0.2, -0.15) is 0 Å². The molecule has 4 unspecified atom stereocenters. The number of hydrogen-bond acceptors (Lipinski definition) is 5. The van der Waals surface area contributed by atoms with E-state index in [4.69, 9.17) is 4.74 Å². The van der Waals surface area contributed by atoms with Crippen LogP contribution in [-0.4, -0.2) is 41.2 Å². The molecule has 2 heterocycles. The Morgan fingerprint density at radius 3 is 2.81 bits per heavy atom. The molecule has 31 heavy (non-hydrogen) atoms. The highest BCUT2D eigenvalue weighted by Gasteiger charge is 2.82. The summed E-state index contributed by atoms with van der Waals surface area (Å²) in [7, 11) is 0. The molecule has 2 N–H and O–H groups in total. The molecule has 1 aromatic carbocycles. The molecule has 8 nitrogen and oxygen atoms in total. The Bertz CT molecular complexity index is 1010. The summed E-state index contributed by atoms with van der Waals surface area (Å²) >= 11 is 0. The van der Waals surface area contributed by atoms with Crippen molar-refractivity contribution in [2.24, 2.45) is 23.2 Å². The van der Waals surface area contributed by atoms with E-state index in [9.17, 15) is 19.2 Å². The van der Waals surface area contributed by atoms with Crippen LogP contribution < -0.4 is 15.4 Å². The molecule has 2 aliphatic heterocycles. The lowest BCUT2D eigenvalue weighted by atomic mass is 9.90. The Balaban J connectivity index is 1.24. The number of ether oxygens (including phenoxy) is 1. The molecule has 1 saturated heterocycles. The molecule has 8 heteroatoms.